The number of hydrogen-bond donors (Lipinski definition) is 0. The van der Waals surface area contributed by atoms with E-state index in [1.165, 1.54) is 49.1 Å². The Morgan fingerprint density at radius 3 is 2.17 bits per heavy atom. The van der Waals surface area contributed by atoms with Gasteiger partial charge in [-0.15, -0.1) is 0 Å². The molecule has 0 spiro atoms. The van der Waals surface area contributed by atoms with Gasteiger partial charge in [-0.05, 0) is 25.7 Å². The van der Waals surface area contributed by atoms with Crippen molar-refractivity contribution in [2.75, 3.05) is 13.2 Å². The maximum atomic E-state index is 6.48. The molecule has 0 radical (unpaired) electrons. The van der Waals surface area contributed by atoms with Gasteiger partial charge in [0, 0.05) is 19.3 Å². The first-order valence-electron chi connectivity index (χ1n) is 8.01. The smallest absolute Gasteiger partial charge is 0.460 e. The van der Waals surface area contributed by atoms with E-state index in [1.54, 1.807) is 0 Å². The topological polar surface area (TPSA) is 18.5 Å². The Morgan fingerprint density at radius 2 is 1.67 bits per heavy atom. The number of ether oxygens (including phenoxy) is 1. The van der Waals surface area contributed by atoms with Crippen LogP contribution in [0.3, 0.4) is 0 Å². The van der Waals surface area contributed by atoms with E-state index < -0.39 is 14.5 Å². The Balaban J connectivity index is 2.31. The van der Waals surface area contributed by atoms with Gasteiger partial charge < -0.3 is 8.53 Å². The van der Waals surface area contributed by atoms with Gasteiger partial charge in [0.15, 0.2) is 0 Å². The lowest BCUT2D eigenvalue weighted by Gasteiger charge is -2.30. The van der Waals surface area contributed by atoms with Gasteiger partial charge in [-0.25, -0.2) is 0 Å². The summed E-state index contributed by atoms with van der Waals surface area (Å²) in [7, 11) is 0. The van der Waals surface area contributed by atoms with Crippen molar-refractivity contribution in [3.63, 3.8) is 0 Å². The summed E-state index contributed by atoms with van der Waals surface area (Å²) in [6, 6.07) is 0. The lowest BCUT2D eigenvalue weighted by Crippen LogP contribution is -2.32. The van der Waals surface area contributed by atoms with Crippen LogP contribution in [0.5, 0.6) is 0 Å². The molecule has 1 aliphatic heterocycles. The first-order valence-corrected chi connectivity index (χ1v) is 10.1. The quantitative estimate of drug-likeness (QED) is 0.578. The van der Waals surface area contributed by atoms with Crippen LogP contribution in [0.15, 0.2) is 0 Å². The summed E-state index contributed by atoms with van der Waals surface area (Å²) >= 11 is -0.939. The summed E-state index contributed by atoms with van der Waals surface area (Å²) in [5.41, 5.74) is 0. The van der Waals surface area contributed by atoms with E-state index in [-0.39, 0.29) is 0 Å². The van der Waals surface area contributed by atoms with E-state index in [0.29, 0.717) is 6.10 Å². The first-order chi connectivity index (χ1) is 8.77. The zero-order valence-corrected chi connectivity index (χ0v) is 13.8. The largest absolute Gasteiger partial charge is 0.498 e. The standard InChI is InChI=1S/C7H13O2.2C4H9.Al/c1-6(8)7-2-4-9-5-3-7;2*1-3-4-2;/h6-7H,2-5H2,1H3;2*1,3-4H2,2H3;/q-1;;;+1. The summed E-state index contributed by atoms with van der Waals surface area (Å²) in [5, 5.41) is 2.76. The van der Waals surface area contributed by atoms with Crippen LogP contribution in [0.25, 0.3) is 0 Å². The molecule has 1 heterocycles. The zero-order chi connectivity index (χ0) is 13.2. The highest BCUT2D eigenvalue weighted by Crippen LogP contribution is 2.23. The van der Waals surface area contributed by atoms with Gasteiger partial charge in [0.05, 0.1) is 0 Å². The molecule has 18 heavy (non-hydrogen) atoms. The fourth-order valence-corrected chi connectivity index (χ4v) is 5.86. The molecule has 0 aromatic carbocycles. The molecule has 1 fully saturated rings. The third-order valence-electron chi connectivity index (χ3n) is 4.10. The summed E-state index contributed by atoms with van der Waals surface area (Å²) in [4.78, 5) is 0. The molecule has 0 aromatic heterocycles. The van der Waals surface area contributed by atoms with Crippen LogP contribution in [0.1, 0.15) is 59.3 Å². The van der Waals surface area contributed by atoms with Crippen molar-refractivity contribution >= 4 is 14.5 Å². The monoisotopic (exact) mass is 270 g/mol. The number of hydrogen-bond acceptors (Lipinski definition) is 2. The first kappa shape index (κ1) is 16.5. The van der Waals surface area contributed by atoms with Crippen LogP contribution in [-0.2, 0) is 8.53 Å². The zero-order valence-electron chi connectivity index (χ0n) is 12.6. The highest BCUT2D eigenvalue weighted by Gasteiger charge is 2.27. The van der Waals surface area contributed by atoms with E-state index in [9.17, 15) is 0 Å². The Bertz CT molecular complexity index is 185. The van der Waals surface area contributed by atoms with E-state index in [2.05, 4.69) is 20.8 Å². The van der Waals surface area contributed by atoms with E-state index in [0.717, 1.165) is 19.1 Å². The minimum atomic E-state index is -0.939. The molecule has 0 N–H and O–H groups in total. The molecule has 0 saturated carbocycles. The van der Waals surface area contributed by atoms with E-state index in [1.807, 2.05) is 0 Å². The van der Waals surface area contributed by atoms with Crippen molar-refractivity contribution in [2.24, 2.45) is 5.92 Å². The van der Waals surface area contributed by atoms with Gasteiger partial charge in [-0.2, -0.15) is 0 Å². The van der Waals surface area contributed by atoms with Crippen LogP contribution >= 0.6 is 0 Å². The maximum absolute atomic E-state index is 6.48. The SMILES string of the molecule is CCC[CH2][Al]([CH2]CCC)[O]C(C)C1CCOCC1. The van der Waals surface area contributed by atoms with Crippen molar-refractivity contribution in [2.45, 2.75) is 76.0 Å². The summed E-state index contributed by atoms with van der Waals surface area (Å²) in [5.74, 6) is 0.747. The number of rotatable bonds is 9. The van der Waals surface area contributed by atoms with Gasteiger partial charge >= 0.3 is 14.5 Å². The summed E-state index contributed by atoms with van der Waals surface area (Å²) < 4.78 is 11.9. The molecule has 1 atom stereocenters. The second-order valence-corrected chi connectivity index (χ2v) is 8.37. The van der Waals surface area contributed by atoms with Crippen molar-refractivity contribution < 1.29 is 8.53 Å². The molecular formula is C15H31AlO2. The van der Waals surface area contributed by atoms with Crippen molar-refractivity contribution in [1.29, 1.82) is 0 Å². The Kier molecular flexibility index (Phi) is 9.41. The van der Waals surface area contributed by atoms with Gasteiger partial charge in [0.1, 0.15) is 0 Å². The van der Waals surface area contributed by atoms with Crippen molar-refractivity contribution in [3.8, 4) is 0 Å². The molecule has 0 amide bonds. The molecule has 2 nitrogen and oxygen atoms in total. The summed E-state index contributed by atoms with van der Waals surface area (Å²) in [6.07, 6.45) is 8.21. The molecule has 0 aliphatic carbocycles. The normalized spacial score (nSPS) is 18.8. The van der Waals surface area contributed by atoms with Crippen LogP contribution in [0, 0.1) is 5.92 Å². The van der Waals surface area contributed by atoms with Crippen molar-refractivity contribution in [1.82, 2.24) is 0 Å². The van der Waals surface area contributed by atoms with Gasteiger partial charge in [-0.3, -0.25) is 0 Å². The summed E-state index contributed by atoms with van der Waals surface area (Å²) in [6.45, 7) is 8.75. The average molecular weight is 270 g/mol. The minimum Gasteiger partial charge on any atom is -0.498 e. The second-order valence-electron chi connectivity index (χ2n) is 5.70. The molecule has 1 saturated heterocycles. The fraction of sp³-hybridized carbons (Fsp3) is 1.00. The van der Waals surface area contributed by atoms with E-state index in [4.69, 9.17) is 8.53 Å². The Morgan fingerprint density at radius 1 is 1.11 bits per heavy atom. The van der Waals surface area contributed by atoms with Crippen LogP contribution in [0.2, 0.25) is 10.6 Å². The Hall–Kier alpha value is 0.452. The molecule has 0 aromatic rings. The third-order valence-corrected chi connectivity index (χ3v) is 7.01. The van der Waals surface area contributed by atoms with Crippen molar-refractivity contribution in [3.05, 3.63) is 0 Å². The lowest BCUT2D eigenvalue weighted by molar-refractivity contribution is 0.0226. The van der Waals surface area contributed by atoms with Gasteiger partial charge in [0.25, 0.3) is 0 Å². The molecule has 106 valence electrons. The maximum Gasteiger partial charge on any atom is 0.460 e. The average Bonchev–Trinajstić information content (AvgIpc) is 2.42. The fourth-order valence-electron chi connectivity index (χ4n) is 2.74. The molecule has 1 unspecified atom stereocenters. The molecular weight excluding hydrogens is 239 g/mol. The molecule has 3 heteroatoms. The van der Waals surface area contributed by atoms with E-state index >= 15 is 0 Å². The molecule has 1 aliphatic rings. The van der Waals surface area contributed by atoms with Gasteiger partial charge in [0.2, 0.25) is 0 Å². The number of unbranched alkanes of at least 4 members (excludes halogenated alkanes) is 2. The highest BCUT2D eigenvalue weighted by molar-refractivity contribution is 6.51. The van der Waals surface area contributed by atoms with Gasteiger partial charge in [-0.1, -0.05) is 50.1 Å². The van der Waals surface area contributed by atoms with Crippen LogP contribution in [0.4, 0.5) is 0 Å². The predicted octanol–water partition coefficient (Wildman–Crippen LogP) is 4.41. The predicted molar refractivity (Wildman–Crippen MR) is 79.3 cm³/mol. The molecule has 1 rings (SSSR count). The second kappa shape index (κ2) is 10.3. The third kappa shape index (κ3) is 6.57. The van der Waals surface area contributed by atoms with Crippen LogP contribution in [-0.4, -0.2) is 33.8 Å². The Labute approximate surface area is 118 Å². The minimum absolute atomic E-state index is 0.472. The highest BCUT2D eigenvalue weighted by atomic mass is 27.2. The lowest BCUT2D eigenvalue weighted by atomic mass is 9.95. The molecule has 0 bridgehead atoms. The van der Waals surface area contributed by atoms with Crippen LogP contribution < -0.4 is 0 Å².